The van der Waals surface area contributed by atoms with Crippen LogP contribution in [0, 0.1) is 0 Å². The Hall–Kier alpha value is -0.760. The monoisotopic (exact) mass is 591 g/mol. The summed E-state index contributed by atoms with van der Waals surface area (Å²) in [5.41, 5.74) is 0. The maximum atomic E-state index is 12.5. The van der Waals surface area contributed by atoms with Crippen LogP contribution < -0.4 is 4.89 Å². The van der Waals surface area contributed by atoms with Crippen molar-refractivity contribution in [1.29, 1.82) is 0 Å². The average Bonchev–Trinajstić information content (AvgIpc) is 2.88. The lowest BCUT2D eigenvalue weighted by atomic mass is 10.1. The van der Waals surface area contributed by atoms with Crippen LogP contribution in [0.15, 0.2) is 12.2 Å². The molecule has 0 aromatic rings. The fourth-order valence-electron chi connectivity index (χ4n) is 3.99. The number of likely N-dealkylation sites (N-methyl/N-ethyl adjacent to an activating group) is 1. The van der Waals surface area contributed by atoms with Gasteiger partial charge in [0.2, 0.25) is 0 Å². The Morgan fingerprint density at radius 3 is 1.98 bits per heavy atom. The minimum atomic E-state index is -4.50. The van der Waals surface area contributed by atoms with E-state index in [-0.39, 0.29) is 25.8 Å². The zero-order valence-corrected chi connectivity index (χ0v) is 27.4. The number of hydrogen-bond donors (Lipinski definition) is 0. The number of quaternary nitrogens is 1. The van der Waals surface area contributed by atoms with Crippen LogP contribution in [0.2, 0.25) is 0 Å². The van der Waals surface area contributed by atoms with Crippen molar-refractivity contribution in [3.63, 3.8) is 0 Å². The smallest absolute Gasteiger partial charge is 0.306 e. The van der Waals surface area contributed by atoms with E-state index in [9.17, 15) is 14.3 Å². The first-order chi connectivity index (χ1) is 19.1. The number of phosphoric acid groups is 1. The number of carbonyl (C=O) groups is 1. The topological polar surface area (TPSA) is 94.1 Å². The number of carbonyl (C=O) groups excluding carboxylic acids is 1. The highest BCUT2D eigenvalue weighted by Gasteiger charge is 2.20. The molecule has 0 aliphatic heterocycles. The molecule has 0 radical (unpaired) electrons. The molecule has 0 saturated heterocycles. The molecule has 0 bridgehead atoms. The molecule has 0 aliphatic carbocycles. The second kappa shape index (κ2) is 25.9. The minimum Gasteiger partial charge on any atom is -0.756 e. The largest absolute Gasteiger partial charge is 0.756 e. The summed E-state index contributed by atoms with van der Waals surface area (Å²) < 4.78 is 34.1. The molecular weight excluding hydrogens is 529 g/mol. The highest BCUT2D eigenvalue weighted by atomic mass is 31.2. The van der Waals surface area contributed by atoms with E-state index in [2.05, 4.69) is 26.0 Å². The van der Waals surface area contributed by atoms with Gasteiger partial charge in [0.1, 0.15) is 19.3 Å². The second-order valence-corrected chi connectivity index (χ2v) is 13.2. The molecule has 8 nitrogen and oxygen atoms in total. The lowest BCUT2D eigenvalue weighted by Gasteiger charge is -2.28. The Labute approximate surface area is 246 Å². The van der Waals surface area contributed by atoms with Gasteiger partial charge in [-0.3, -0.25) is 9.36 Å². The third kappa shape index (κ3) is 28.8. The maximum absolute atomic E-state index is 12.5. The van der Waals surface area contributed by atoms with Gasteiger partial charge in [0.25, 0.3) is 7.82 Å². The Bertz CT molecular complexity index is 667. The summed E-state index contributed by atoms with van der Waals surface area (Å²) in [6.07, 6.45) is 22.2. The fraction of sp³-hybridized carbons (Fsp3) is 0.903. The van der Waals surface area contributed by atoms with Crippen molar-refractivity contribution < 1.29 is 37.3 Å². The number of rotatable bonds is 29. The number of unbranched alkanes of at least 4 members (excludes halogenated alkanes) is 13. The first kappa shape index (κ1) is 39.2. The standard InChI is InChI=1S/C31H62NO7P/c1-6-8-10-12-14-15-16-17-18-20-22-24-31(33)39-30(28-36-26-23-21-19-13-11-9-7-2)29-38-40(34,35)37-27-25-32(3,4)5/h12,14,30H,6-11,13,15-29H2,1-5H3/b14-12-. The number of nitrogens with zero attached hydrogens (tertiary/aromatic N) is 1. The van der Waals surface area contributed by atoms with Gasteiger partial charge in [0.15, 0.2) is 0 Å². The molecule has 0 aliphatic rings. The number of hydrogen-bond acceptors (Lipinski definition) is 7. The molecular formula is C31H62NO7P. The van der Waals surface area contributed by atoms with Crippen molar-refractivity contribution in [1.82, 2.24) is 0 Å². The van der Waals surface area contributed by atoms with Gasteiger partial charge in [0, 0.05) is 13.0 Å². The summed E-state index contributed by atoms with van der Waals surface area (Å²) in [6.45, 7) is 5.30. The van der Waals surface area contributed by atoms with E-state index in [0.29, 0.717) is 24.1 Å². The highest BCUT2D eigenvalue weighted by molar-refractivity contribution is 7.45. The van der Waals surface area contributed by atoms with Gasteiger partial charge in [0.05, 0.1) is 34.4 Å². The summed E-state index contributed by atoms with van der Waals surface area (Å²) in [5, 5.41) is 0. The van der Waals surface area contributed by atoms with Crippen molar-refractivity contribution in [3.05, 3.63) is 12.2 Å². The summed E-state index contributed by atoms with van der Waals surface area (Å²) in [5.74, 6) is -0.348. The summed E-state index contributed by atoms with van der Waals surface area (Å²) in [4.78, 5) is 24.7. The van der Waals surface area contributed by atoms with Gasteiger partial charge in [-0.1, -0.05) is 96.6 Å². The van der Waals surface area contributed by atoms with Gasteiger partial charge in [-0.15, -0.1) is 0 Å². The zero-order valence-electron chi connectivity index (χ0n) is 26.5. The molecule has 238 valence electrons. The van der Waals surface area contributed by atoms with Crippen LogP contribution in [0.3, 0.4) is 0 Å². The number of allylic oxidation sites excluding steroid dienone is 2. The van der Waals surface area contributed by atoms with Crippen molar-refractivity contribution in [2.24, 2.45) is 0 Å². The number of ether oxygens (including phenoxy) is 2. The first-order valence-electron chi connectivity index (χ1n) is 15.9. The predicted molar refractivity (Wildman–Crippen MR) is 162 cm³/mol. The van der Waals surface area contributed by atoms with E-state index in [4.69, 9.17) is 18.5 Å². The van der Waals surface area contributed by atoms with Crippen LogP contribution in [0.5, 0.6) is 0 Å². The molecule has 2 atom stereocenters. The van der Waals surface area contributed by atoms with Gasteiger partial charge in [-0.25, -0.2) is 0 Å². The third-order valence-corrected chi connectivity index (χ3v) is 7.53. The molecule has 0 heterocycles. The third-order valence-electron chi connectivity index (χ3n) is 6.57. The van der Waals surface area contributed by atoms with Gasteiger partial charge in [-0.2, -0.15) is 0 Å². The Kier molecular flexibility index (Phi) is 25.4. The molecule has 0 saturated carbocycles. The molecule has 0 fully saturated rings. The molecule has 2 unspecified atom stereocenters. The van der Waals surface area contributed by atoms with Crippen molar-refractivity contribution in [2.75, 3.05) is 54.1 Å². The normalized spacial score (nSPS) is 14.4. The Morgan fingerprint density at radius 1 is 0.750 bits per heavy atom. The molecule has 9 heteroatoms. The van der Waals surface area contributed by atoms with Crippen molar-refractivity contribution >= 4 is 13.8 Å². The molecule has 0 aromatic carbocycles. The van der Waals surface area contributed by atoms with Crippen LogP contribution >= 0.6 is 7.82 Å². The highest BCUT2D eigenvalue weighted by Crippen LogP contribution is 2.38. The Balaban J connectivity index is 4.38. The van der Waals surface area contributed by atoms with Gasteiger partial charge in [-0.05, 0) is 32.1 Å². The van der Waals surface area contributed by atoms with E-state index < -0.39 is 13.9 Å². The van der Waals surface area contributed by atoms with Gasteiger partial charge >= 0.3 is 5.97 Å². The van der Waals surface area contributed by atoms with Crippen molar-refractivity contribution in [2.45, 2.75) is 129 Å². The molecule has 0 aromatic heterocycles. The van der Waals surface area contributed by atoms with E-state index in [1.807, 2.05) is 21.1 Å². The summed E-state index contributed by atoms with van der Waals surface area (Å²) in [6, 6.07) is 0. The lowest BCUT2D eigenvalue weighted by molar-refractivity contribution is -0.870. The number of esters is 1. The molecule has 0 rings (SSSR count). The van der Waals surface area contributed by atoms with E-state index in [1.165, 1.54) is 57.8 Å². The number of phosphoric ester groups is 1. The van der Waals surface area contributed by atoms with Crippen molar-refractivity contribution in [3.8, 4) is 0 Å². The quantitative estimate of drug-likeness (QED) is 0.0295. The van der Waals surface area contributed by atoms with E-state index in [1.54, 1.807) is 0 Å². The molecule has 0 amide bonds. The first-order valence-corrected chi connectivity index (χ1v) is 17.4. The fourth-order valence-corrected chi connectivity index (χ4v) is 4.72. The maximum Gasteiger partial charge on any atom is 0.306 e. The second-order valence-electron chi connectivity index (χ2n) is 11.8. The summed E-state index contributed by atoms with van der Waals surface area (Å²) in [7, 11) is 1.35. The Morgan fingerprint density at radius 2 is 1.32 bits per heavy atom. The van der Waals surface area contributed by atoms with Crippen LogP contribution in [0.1, 0.15) is 123 Å². The summed E-state index contributed by atoms with van der Waals surface area (Å²) >= 11 is 0. The average molecular weight is 592 g/mol. The van der Waals surface area contributed by atoms with E-state index >= 15 is 0 Å². The van der Waals surface area contributed by atoms with Crippen LogP contribution in [0.25, 0.3) is 0 Å². The van der Waals surface area contributed by atoms with Gasteiger partial charge < -0.3 is 27.9 Å². The molecule has 0 N–H and O–H groups in total. The zero-order chi connectivity index (χ0) is 30.0. The van der Waals surface area contributed by atoms with Crippen LogP contribution in [0.4, 0.5) is 0 Å². The van der Waals surface area contributed by atoms with E-state index in [0.717, 1.165) is 44.9 Å². The lowest BCUT2D eigenvalue weighted by Crippen LogP contribution is -2.37. The minimum absolute atomic E-state index is 0.0264. The molecule has 40 heavy (non-hydrogen) atoms. The van der Waals surface area contributed by atoms with Crippen LogP contribution in [-0.4, -0.2) is 70.7 Å². The molecule has 0 spiro atoms. The SMILES string of the molecule is CCCC/C=C\CCCCCCCC(=O)OC(COCCCCCCCCC)COP(=O)([O-])OCC[N+](C)(C)C. The van der Waals surface area contributed by atoms with Crippen LogP contribution in [-0.2, 0) is 27.9 Å². The predicted octanol–water partition coefficient (Wildman–Crippen LogP) is 7.35.